The summed E-state index contributed by atoms with van der Waals surface area (Å²) in [6, 6.07) is 22.9. The molecule has 2 aromatic carbocycles. The van der Waals surface area contributed by atoms with E-state index in [1.165, 1.54) is 0 Å². The zero-order valence-electron chi connectivity index (χ0n) is 20.9. The maximum Gasteiger partial charge on any atom is 0.306 e. The van der Waals surface area contributed by atoms with Crippen molar-refractivity contribution in [2.24, 2.45) is 5.16 Å². The third-order valence-electron chi connectivity index (χ3n) is 5.45. The van der Waals surface area contributed by atoms with Gasteiger partial charge in [-0.25, -0.2) is 4.98 Å². The van der Waals surface area contributed by atoms with Gasteiger partial charge in [0.1, 0.15) is 36.1 Å². The molecule has 2 heterocycles. The molecule has 4 aromatic rings. The molecule has 0 aliphatic carbocycles. The summed E-state index contributed by atoms with van der Waals surface area (Å²) in [7, 11) is 0. The molecule has 0 aliphatic rings. The Labute approximate surface area is 215 Å². The van der Waals surface area contributed by atoms with Crippen molar-refractivity contribution >= 4 is 11.7 Å². The van der Waals surface area contributed by atoms with Crippen molar-refractivity contribution in [1.82, 2.24) is 9.97 Å². The molecule has 0 radical (unpaired) electrons. The number of pyridine rings is 1. The third-order valence-corrected chi connectivity index (χ3v) is 5.45. The molecule has 0 amide bonds. The first-order chi connectivity index (χ1) is 18.1. The summed E-state index contributed by atoms with van der Waals surface area (Å²) >= 11 is 0. The Morgan fingerprint density at radius 2 is 1.73 bits per heavy atom. The van der Waals surface area contributed by atoms with E-state index in [1.807, 2.05) is 79.7 Å². The summed E-state index contributed by atoms with van der Waals surface area (Å²) in [6.07, 6.45) is 2.25. The Morgan fingerprint density at radius 1 is 0.946 bits per heavy atom. The molecule has 0 aliphatic heterocycles. The van der Waals surface area contributed by atoms with Crippen LogP contribution in [0, 0.1) is 6.92 Å². The predicted molar refractivity (Wildman–Crippen MR) is 139 cm³/mol. The molecular formula is C29H29N3O5. The number of aromatic nitrogens is 2. The van der Waals surface area contributed by atoms with Gasteiger partial charge in [-0.15, -0.1) is 0 Å². The summed E-state index contributed by atoms with van der Waals surface area (Å²) in [6.45, 7) is 4.57. The number of carbonyl (C=O) groups excluding carboxylic acids is 1. The van der Waals surface area contributed by atoms with Crippen LogP contribution < -0.4 is 4.74 Å². The van der Waals surface area contributed by atoms with E-state index in [1.54, 1.807) is 13.1 Å². The van der Waals surface area contributed by atoms with E-state index < -0.39 is 0 Å². The Morgan fingerprint density at radius 3 is 2.46 bits per heavy atom. The zero-order valence-corrected chi connectivity index (χ0v) is 20.9. The smallest absolute Gasteiger partial charge is 0.306 e. The van der Waals surface area contributed by atoms with Crippen molar-refractivity contribution in [1.29, 1.82) is 0 Å². The minimum absolute atomic E-state index is 0.205. The number of ether oxygens (including phenoxy) is 2. The maximum absolute atomic E-state index is 11.8. The number of aryl methyl sites for hydroxylation is 1. The minimum Gasteiger partial charge on any atom is -0.487 e. The largest absolute Gasteiger partial charge is 0.487 e. The SMILES string of the molecule is CCOC(=O)CC/C(=N/OCc1ccc(OCc2nc(-c3ccccc3)oc2C)cc1)c1ccccn1. The quantitative estimate of drug-likeness (QED) is 0.136. The van der Waals surface area contributed by atoms with Crippen LogP contribution in [0.15, 0.2) is 88.6 Å². The van der Waals surface area contributed by atoms with Crippen LogP contribution >= 0.6 is 0 Å². The number of nitrogens with zero attached hydrogens (tertiary/aromatic N) is 3. The number of benzene rings is 2. The monoisotopic (exact) mass is 499 g/mol. The van der Waals surface area contributed by atoms with E-state index in [0.717, 1.165) is 22.6 Å². The molecule has 0 fully saturated rings. The molecule has 2 aromatic heterocycles. The molecule has 190 valence electrons. The summed E-state index contributed by atoms with van der Waals surface area (Å²) in [5.41, 5.74) is 3.85. The van der Waals surface area contributed by atoms with Crippen molar-refractivity contribution in [3.63, 3.8) is 0 Å². The van der Waals surface area contributed by atoms with Crippen molar-refractivity contribution < 1.29 is 23.5 Å². The minimum atomic E-state index is -0.279. The Hall–Kier alpha value is -4.46. The van der Waals surface area contributed by atoms with Gasteiger partial charge in [-0.2, -0.15) is 0 Å². The Bertz CT molecular complexity index is 1300. The number of hydrogen-bond donors (Lipinski definition) is 0. The molecule has 4 rings (SSSR count). The van der Waals surface area contributed by atoms with Crippen LogP contribution in [0.2, 0.25) is 0 Å². The highest BCUT2D eigenvalue weighted by atomic mass is 16.6. The molecule has 0 bridgehead atoms. The van der Waals surface area contributed by atoms with Crippen LogP contribution in [0.25, 0.3) is 11.5 Å². The van der Waals surface area contributed by atoms with Gasteiger partial charge in [0.15, 0.2) is 0 Å². The van der Waals surface area contributed by atoms with E-state index in [4.69, 9.17) is 18.7 Å². The first-order valence-corrected chi connectivity index (χ1v) is 12.1. The second kappa shape index (κ2) is 13.0. The molecule has 0 saturated heterocycles. The van der Waals surface area contributed by atoms with Crippen LogP contribution in [-0.2, 0) is 27.6 Å². The Kier molecular flexibility index (Phi) is 9.02. The first-order valence-electron chi connectivity index (χ1n) is 12.1. The summed E-state index contributed by atoms with van der Waals surface area (Å²) in [5.74, 6) is 1.74. The normalized spacial score (nSPS) is 11.2. The molecule has 0 unspecified atom stereocenters. The number of carbonyl (C=O) groups is 1. The fourth-order valence-electron chi connectivity index (χ4n) is 3.49. The number of rotatable bonds is 12. The molecule has 8 nitrogen and oxygen atoms in total. The first kappa shape index (κ1) is 25.6. The number of hydrogen-bond acceptors (Lipinski definition) is 8. The number of oxazole rings is 1. The Balaban J connectivity index is 1.32. The standard InChI is InChI=1S/C29H29N3O5/c1-3-34-28(33)17-16-26(25-11-7-8-18-30-25)32-36-19-22-12-14-24(15-13-22)35-20-27-21(2)37-29(31-27)23-9-5-4-6-10-23/h4-15,18H,3,16-17,19-20H2,1-2H3/b32-26-. The van der Waals surface area contributed by atoms with Crippen LogP contribution in [0.4, 0.5) is 0 Å². The lowest BCUT2D eigenvalue weighted by Crippen LogP contribution is -2.10. The average Bonchev–Trinajstić information content (AvgIpc) is 3.31. The molecule has 0 N–H and O–H groups in total. The molecule has 0 spiro atoms. The highest BCUT2D eigenvalue weighted by Gasteiger charge is 2.12. The van der Waals surface area contributed by atoms with E-state index in [0.29, 0.717) is 42.7 Å². The molecule has 37 heavy (non-hydrogen) atoms. The van der Waals surface area contributed by atoms with Crippen molar-refractivity contribution in [2.45, 2.75) is 39.9 Å². The van der Waals surface area contributed by atoms with Crippen molar-refractivity contribution in [3.8, 4) is 17.2 Å². The number of esters is 1. The topological polar surface area (TPSA) is 96.0 Å². The highest BCUT2D eigenvalue weighted by molar-refractivity contribution is 5.99. The second-order valence-electron chi connectivity index (χ2n) is 8.15. The van der Waals surface area contributed by atoms with Gasteiger partial charge < -0.3 is 18.7 Å². The molecule has 0 saturated carbocycles. The van der Waals surface area contributed by atoms with Crippen molar-refractivity contribution in [3.05, 3.63) is 102 Å². The van der Waals surface area contributed by atoms with Gasteiger partial charge in [-0.3, -0.25) is 9.78 Å². The molecule has 0 atom stereocenters. The number of oxime groups is 1. The average molecular weight is 500 g/mol. The van der Waals surface area contributed by atoms with E-state index >= 15 is 0 Å². The maximum atomic E-state index is 11.8. The van der Waals surface area contributed by atoms with Crippen LogP contribution in [-0.4, -0.2) is 28.3 Å². The van der Waals surface area contributed by atoms with Crippen LogP contribution in [0.5, 0.6) is 5.75 Å². The lowest BCUT2D eigenvalue weighted by molar-refractivity contribution is -0.142. The van der Waals surface area contributed by atoms with Crippen LogP contribution in [0.1, 0.15) is 42.5 Å². The van der Waals surface area contributed by atoms with Gasteiger partial charge in [0.2, 0.25) is 5.89 Å². The highest BCUT2D eigenvalue weighted by Crippen LogP contribution is 2.23. The third kappa shape index (κ3) is 7.51. The molecular weight excluding hydrogens is 470 g/mol. The van der Waals surface area contributed by atoms with Gasteiger partial charge in [0, 0.05) is 18.2 Å². The molecule has 8 heteroatoms. The van der Waals surface area contributed by atoms with E-state index in [2.05, 4.69) is 15.1 Å². The van der Waals surface area contributed by atoms with Crippen LogP contribution in [0.3, 0.4) is 0 Å². The lowest BCUT2D eigenvalue weighted by Gasteiger charge is -2.08. The summed E-state index contributed by atoms with van der Waals surface area (Å²) in [5, 5.41) is 4.25. The zero-order chi connectivity index (χ0) is 25.9. The van der Waals surface area contributed by atoms with E-state index in [9.17, 15) is 4.79 Å². The van der Waals surface area contributed by atoms with E-state index in [-0.39, 0.29) is 19.0 Å². The lowest BCUT2D eigenvalue weighted by atomic mass is 10.1. The fourth-order valence-corrected chi connectivity index (χ4v) is 3.49. The van der Waals surface area contributed by atoms with Gasteiger partial charge in [0.25, 0.3) is 0 Å². The second-order valence-corrected chi connectivity index (χ2v) is 8.15. The van der Waals surface area contributed by atoms with Gasteiger partial charge >= 0.3 is 5.97 Å². The predicted octanol–water partition coefficient (Wildman–Crippen LogP) is 5.89. The van der Waals surface area contributed by atoms with Gasteiger partial charge in [0.05, 0.1) is 18.7 Å². The van der Waals surface area contributed by atoms with Gasteiger partial charge in [-0.1, -0.05) is 41.6 Å². The summed E-state index contributed by atoms with van der Waals surface area (Å²) in [4.78, 5) is 26.3. The fraction of sp³-hybridized carbons (Fsp3) is 0.241. The van der Waals surface area contributed by atoms with Gasteiger partial charge in [-0.05, 0) is 55.8 Å². The summed E-state index contributed by atoms with van der Waals surface area (Å²) < 4.78 is 16.7. The van der Waals surface area contributed by atoms with Crippen molar-refractivity contribution in [2.75, 3.05) is 6.61 Å².